The van der Waals surface area contributed by atoms with E-state index in [1.54, 1.807) is 12.1 Å². The molecule has 2 aromatic rings. The molecule has 2 heterocycles. The Morgan fingerprint density at radius 1 is 1.56 bits per heavy atom. The average Bonchev–Trinajstić information content (AvgIpc) is 2.73. The smallest absolute Gasteiger partial charge is 0.240 e. The van der Waals surface area contributed by atoms with Crippen molar-refractivity contribution in [1.82, 2.24) is 14.6 Å². The predicted molar refractivity (Wildman–Crippen MR) is 54.4 cm³/mol. The minimum absolute atomic E-state index is 0.446. The van der Waals surface area contributed by atoms with Crippen molar-refractivity contribution in [3.63, 3.8) is 0 Å². The quantitative estimate of drug-likeness (QED) is 0.600. The van der Waals surface area contributed by atoms with E-state index in [1.165, 1.54) is 24.0 Å². The number of nitro groups is 1. The van der Waals surface area contributed by atoms with Gasteiger partial charge in [-0.1, -0.05) is 6.07 Å². The Balaban J connectivity index is 2.35. The third kappa shape index (κ3) is 1.72. The molecule has 0 bridgehead atoms. The Labute approximate surface area is 90.5 Å². The monoisotopic (exact) mass is 222 g/mol. The Kier molecular flexibility index (Phi) is 2.53. The van der Waals surface area contributed by atoms with Crippen LogP contribution in [0.15, 0.2) is 24.7 Å². The maximum Gasteiger partial charge on any atom is 0.240 e. The van der Waals surface area contributed by atoms with Gasteiger partial charge in [0.25, 0.3) is 0 Å². The zero-order valence-electron chi connectivity index (χ0n) is 8.52. The molecule has 16 heavy (non-hydrogen) atoms. The molecule has 7 nitrogen and oxygen atoms in total. The van der Waals surface area contributed by atoms with E-state index >= 15 is 0 Å². The lowest BCUT2D eigenvalue weighted by atomic mass is 10.1. The molecule has 0 amide bonds. The minimum atomic E-state index is -1.15. The molecule has 2 aromatic heterocycles. The van der Waals surface area contributed by atoms with Crippen molar-refractivity contribution in [3.05, 3.63) is 40.3 Å². The van der Waals surface area contributed by atoms with E-state index in [2.05, 4.69) is 10.1 Å². The lowest BCUT2D eigenvalue weighted by Crippen LogP contribution is -2.24. The Morgan fingerprint density at radius 2 is 2.31 bits per heavy atom. The minimum Gasteiger partial charge on any atom is -0.381 e. The van der Waals surface area contributed by atoms with Crippen LogP contribution in [0.2, 0.25) is 0 Å². The molecule has 0 unspecified atom stereocenters. The van der Waals surface area contributed by atoms with Crippen LogP contribution in [-0.2, 0) is 0 Å². The van der Waals surface area contributed by atoms with Gasteiger partial charge in [-0.25, -0.2) is 9.50 Å². The number of fused-ring (bicyclic) bond motifs is 1. The van der Waals surface area contributed by atoms with Crippen molar-refractivity contribution >= 4 is 5.65 Å². The summed E-state index contributed by atoms with van der Waals surface area (Å²) in [5.74, 6) is 0. The molecule has 0 aliphatic heterocycles. The molecule has 0 aliphatic carbocycles. The molecular formula is C9H10N4O3. The SMILES string of the molecule is C[C@H]([C@H](O)c1ccc2ncnn2c1)[N+](=O)[O-]. The number of pyridine rings is 1. The first kappa shape index (κ1) is 10.5. The molecule has 0 fully saturated rings. The van der Waals surface area contributed by atoms with Gasteiger partial charge >= 0.3 is 0 Å². The van der Waals surface area contributed by atoms with Gasteiger partial charge in [-0.05, 0) is 6.07 Å². The van der Waals surface area contributed by atoms with Crippen LogP contribution in [-0.4, -0.2) is 30.7 Å². The van der Waals surface area contributed by atoms with Crippen LogP contribution in [0.3, 0.4) is 0 Å². The number of hydrogen-bond donors (Lipinski definition) is 1. The predicted octanol–water partition coefficient (Wildman–Crippen LogP) is 0.428. The lowest BCUT2D eigenvalue weighted by Gasteiger charge is -2.12. The van der Waals surface area contributed by atoms with Crippen LogP contribution < -0.4 is 0 Å². The molecule has 2 rings (SSSR count). The Bertz CT molecular complexity index is 524. The van der Waals surface area contributed by atoms with Crippen molar-refractivity contribution in [2.45, 2.75) is 19.1 Å². The molecule has 2 atom stereocenters. The summed E-state index contributed by atoms with van der Waals surface area (Å²) < 4.78 is 1.46. The summed E-state index contributed by atoms with van der Waals surface area (Å²) in [5, 5.41) is 24.2. The van der Waals surface area contributed by atoms with Gasteiger partial charge in [0, 0.05) is 23.6 Å². The van der Waals surface area contributed by atoms with Crippen LogP contribution in [0.5, 0.6) is 0 Å². The second-order valence-electron chi connectivity index (χ2n) is 3.50. The third-order valence-corrected chi connectivity index (χ3v) is 2.43. The normalized spacial score (nSPS) is 14.9. The van der Waals surface area contributed by atoms with Crippen LogP contribution in [0.4, 0.5) is 0 Å². The summed E-state index contributed by atoms with van der Waals surface area (Å²) in [7, 11) is 0. The highest BCUT2D eigenvalue weighted by Gasteiger charge is 2.26. The van der Waals surface area contributed by atoms with Gasteiger partial charge in [-0.15, -0.1) is 0 Å². The van der Waals surface area contributed by atoms with E-state index in [-0.39, 0.29) is 0 Å². The van der Waals surface area contributed by atoms with Crippen LogP contribution in [0, 0.1) is 10.1 Å². The highest BCUT2D eigenvalue weighted by atomic mass is 16.6. The second kappa shape index (κ2) is 3.86. The fourth-order valence-corrected chi connectivity index (χ4v) is 1.40. The van der Waals surface area contributed by atoms with E-state index in [0.717, 1.165) is 0 Å². The van der Waals surface area contributed by atoms with E-state index in [9.17, 15) is 15.2 Å². The first-order chi connectivity index (χ1) is 7.59. The average molecular weight is 222 g/mol. The van der Waals surface area contributed by atoms with Crippen molar-refractivity contribution in [2.75, 3.05) is 0 Å². The topological polar surface area (TPSA) is 93.6 Å². The maximum atomic E-state index is 10.5. The van der Waals surface area contributed by atoms with E-state index in [1.807, 2.05) is 0 Å². The molecule has 0 saturated heterocycles. The van der Waals surface area contributed by atoms with Gasteiger partial charge in [-0.3, -0.25) is 10.1 Å². The number of hydrogen-bond acceptors (Lipinski definition) is 5. The summed E-state index contributed by atoms with van der Waals surface area (Å²) in [5.41, 5.74) is 1.08. The van der Waals surface area contributed by atoms with Crippen molar-refractivity contribution in [1.29, 1.82) is 0 Å². The molecule has 0 spiro atoms. The largest absolute Gasteiger partial charge is 0.381 e. The number of rotatable bonds is 3. The maximum absolute atomic E-state index is 10.5. The van der Waals surface area contributed by atoms with E-state index in [0.29, 0.717) is 11.2 Å². The van der Waals surface area contributed by atoms with Crippen LogP contribution in [0.25, 0.3) is 5.65 Å². The Morgan fingerprint density at radius 3 is 3.00 bits per heavy atom. The summed E-state index contributed by atoms with van der Waals surface area (Å²) in [4.78, 5) is 14.0. The molecular weight excluding hydrogens is 212 g/mol. The zero-order valence-corrected chi connectivity index (χ0v) is 8.52. The number of nitrogens with zero attached hydrogens (tertiary/aromatic N) is 4. The molecule has 0 aliphatic rings. The van der Waals surface area contributed by atoms with Gasteiger partial charge < -0.3 is 5.11 Å². The molecule has 0 saturated carbocycles. The first-order valence-electron chi connectivity index (χ1n) is 4.70. The fourth-order valence-electron chi connectivity index (χ4n) is 1.40. The van der Waals surface area contributed by atoms with Gasteiger partial charge in [0.15, 0.2) is 5.65 Å². The molecule has 7 heteroatoms. The highest BCUT2D eigenvalue weighted by Crippen LogP contribution is 2.18. The van der Waals surface area contributed by atoms with Crippen molar-refractivity contribution in [3.8, 4) is 0 Å². The first-order valence-corrected chi connectivity index (χ1v) is 4.70. The molecule has 0 aromatic carbocycles. The highest BCUT2D eigenvalue weighted by molar-refractivity contribution is 5.37. The van der Waals surface area contributed by atoms with Crippen molar-refractivity contribution in [2.24, 2.45) is 0 Å². The molecule has 0 radical (unpaired) electrons. The summed E-state index contributed by atoms with van der Waals surface area (Å²) >= 11 is 0. The van der Waals surface area contributed by atoms with Gasteiger partial charge in [0.2, 0.25) is 6.04 Å². The molecule has 1 N–H and O–H groups in total. The van der Waals surface area contributed by atoms with Gasteiger partial charge in [0.1, 0.15) is 12.4 Å². The van der Waals surface area contributed by atoms with Gasteiger partial charge in [0.05, 0.1) is 0 Å². The number of aliphatic hydroxyl groups excluding tert-OH is 1. The third-order valence-electron chi connectivity index (χ3n) is 2.43. The summed E-state index contributed by atoms with van der Waals surface area (Å²) in [6.07, 6.45) is 1.76. The van der Waals surface area contributed by atoms with Crippen LogP contribution >= 0.6 is 0 Å². The zero-order chi connectivity index (χ0) is 11.7. The number of aliphatic hydroxyl groups is 1. The van der Waals surface area contributed by atoms with Crippen LogP contribution in [0.1, 0.15) is 18.6 Å². The Hall–Kier alpha value is -2.02. The second-order valence-corrected chi connectivity index (χ2v) is 3.50. The lowest BCUT2D eigenvalue weighted by molar-refractivity contribution is -0.531. The van der Waals surface area contributed by atoms with Gasteiger partial charge in [-0.2, -0.15) is 5.10 Å². The number of aromatic nitrogens is 3. The summed E-state index contributed by atoms with van der Waals surface area (Å²) in [6, 6.07) is 2.20. The molecule has 84 valence electrons. The summed E-state index contributed by atoms with van der Waals surface area (Å²) in [6.45, 7) is 1.36. The van der Waals surface area contributed by atoms with E-state index < -0.39 is 17.1 Å². The van der Waals surface area contributed by atoms with E-state index in [4.69, 9.17) is 0 Å². The fraction of sp³-hybridized carbons (Fsp3) is 0.333. The standard InChI is InChI=1S/C9H10N4O3/c1-6(13(15)16)9(14)7-2-3-8-10-5-11-12(8)4-7/h2-6,9,14H,1H3/t6-,9+/m1/s1. The van der Waals surface area contributed by atoms with Crippen molar-refractivity contribution < 1.29 is 10.0 Å².